The first-order chi connectivity index (χ1) is 7.97. The summed E-state index contributed by atoms with van der Waals surface area (Å²) in [5.41, 5.74) is 0.899. The van der Waals surface area contributed by atoms with Gasteiger partial charge in [-0.1, -0.05) is 33.6 Å². The lowest BCUT2D eigenvalue weighted by Crippen LogP contribution is -2.46. The summed E-state index contributed by atoms with van der Waals surface area (Å²) in [5, 5.41) is 0. The lowest BCUT2D eigenvalue weighted by molar-refractivity contribution is -0.137. The summed E-state index contributed by atoms with van der Waals surface area (Å²) in [4.78, 5) is 12.8. The largest absolute Gasteiger partial charge is 0.299 e. The Bertz CT molecular complexity index is 357. The van der Waals surface area contributed by atoms with Crippen LogP contribution in [-0.2, 0) is 4.79 Å². The van der Waals surface area contributed by atoms with E-state index in [1.165, 1.54) is 44.9 Å². The summed E-state index contributed by atoms with van der Waals surface area (Å²) >= 11 is 0. The van der Waals surface area contributed by atoms with Crippen LogP contribution < -0.4 is 0 Å². The molecule has 1 nitrogen and oxygen atoms in total. The molecule has 17 heavy (non-hydrogen) atoms. The molecule has 0 aliphatic heterocycles. The van der Waals surface area contributed by atoms with E-state index in [9.17, 15) is 4.79 Å². The fourth-order valence-electron chi connectivity index (χ4n) is 5.64. The second-order valence-electron chi connectivity index (χ2n) is 7.56. The van der Waals surface area contributed by atoms with Crippen molar-refractivity contribution in [3.05, 3.63) is 0 Å². The quantitative estimate of drug-likeness (QED) is 0.694. The summed E-state index contributed by atoms with van der Waals surface area (Å²) in [6.45, 7) is 7.10. The first kappa shape index (κ1) is 11.7. The van der Waals surface area contributed by atoms with E-state index >= 15 is 0 Å². The summed E-state index contributed by atoms with van der Waals surface area (Å²) in [5.74, 6) is 1.09. The summed E-state index contributed by atoms with van der Waals surface area (Å²) in [6, 6.07) is 0. The van der Waals surface area contributed by atoms with Gasteiger partial charge in [0.25, 0.3) is 0 Å². The molecule has 3 rings (SSSR count). The van der Waals surface area contributed by atoms with Crippen molar-refractivity contribution < 1.29 is 4.79 Å². The van der Waals surface area contributed by atoms with Gasteiger partial charge in [0.2, 0.25) is 0 Å². The van der Waals surface area contributed by atoms with Crippen LogP contribution in [0.15, 0.2) is 0 Å². The minimum Gasteiger partial charge on any atom is -0.299 e. The van der Waals surface area contributed by atoms with Gasteiger partial charge >= 0.3 is 0 Å². The molecule has 0 unspecified atom stereocenters. The van der Waals surface area contributed by atoms with Crippen LogP contribution in [0.25, 0.3) is 0 Å². The molecule has 0 aromatic rings. The van der Waals surface area contributed by atoms with Gasteiger partial charge in [0.05, 0.1) is 0 Å². The molecular weight excluding hydrogens is 208 g/mol. The van der Waals surface area contributed by atoms with Crippen molar-refractivity contribution >= 4 is 5.78 Å². The predicted molar refractivity (Wildman–Crippen MR) is 69.8 cm³/mol. The molecule has 0 N–H and O–H groups in total. The molecule has 0 aromatic heterocycles. The molecule has 0 amide bonds. The topological polar surface area (TPSA) is 17.1 Å². The molecule has 3 aliphatic rings. The van der Waals surface area contributed by atoms with E-state index in [-0.39, 0.29) is 5.41 Å². The molecule has 2 bridgehead atoms. The predicted octanol–water partition coefficient (Wildman–Crippen LogP) is 4.35. The number of rotatable bonds is 2. The number of ketones is 1. The molecule has 0 radical (unpaired) electrons. The van der Waals surface area contributed by atoms with Gasteiger partial charge in [-0.15, -0.1) is 0 Å². The maximum atomic E-state index is 12.8. The monoisotopic (exact) mass is 234 g/mol. The molecule has 1 spiro atoms. The molecule has 3 saturated carbocycles. The highest BCUT2D eigenvalue weighted by molar-refractivity contribution is 5.91. The van der Waals surface area contributed by atoms with Crippen LogP contribution in [0.3, 0.4) is 0 Å². The van der Waals surface area contributed by atoms with Crippen molar-refractivity contribution in [2.45, 2.75) is 72.1 Å². The third-order valence-corrected chi connectivity index (χ3v) is 6.58. The molecule has 0 saturated heterocycles. The van der Waals surface area contributed by atoms with E-state index in [2.05, 4.69) is 20.8 Å². The average molecular weight is 234 g/mol. The maximum absolute atomic E-state index is 12.8. The Morgan fingerprint density at radius 1 is 1.24 bits per heavy atom. The van der Waals surface area contributed by atoms with Gasteiger partial charge in [0.1, 0.15) is 5.78 Å². The fraction of sp³-hybridized carbons (Fsp3) is 0.938. The Balaban J connectivity index is 2.02. The van der Waals surface area contributed by atoms with Crippen LogP contribution in [0.1, 0.15) is 72.1 Å². The van der Waals surface area contributed by atoms with E-state index in [0.717, 1.165) is 6.42 Å². The Hall–Kier alpha value is -0.330. The van der Waals surface area contributed by atoms with E-state index in [1.807, 2.05) is 0 Å². The lowest BCUT2D eigenvalue weighted by atomic mass is 9.53. The molecule has 0 aromatic carbocycles. The first-order valence-electron chi connectivity index (χ1n) is 7.52. The van der Waals surface area contributed by atoms with E-state index in [0.29, 0.717) is 22.5 Å². The minimum atomic E-state index is 0.112. The van der Waals surface area contributed by atoms with Gasteiger partial charge in [0.15, 0.2) is 0 Å². The number of hydrogen-bond donors (Lipinski definition) is 0. The number of fused-ring (bicyclic) bond motifs is 1. The summed E-state index contributed by atoms with van der Waals surface area (Å²) < 4.78 is 0. The zero-order valence-corrected chi connectivity index (χ0v) is 11.6. The smallest absolute Gasteiger partial charge is 0.142 e. The van der Waals surface area contributed by atoms with E-state index in [1.54, 1.807) is 0 Å². The zero-order chi connectivity index (χ0) is 12.3. The van der Waals surface area contributed by atoms with Crippen molar-refractivity contribution in [1.29, 1.82) is 0 Å². The Morgan fingerprint density at radius 2 is 2.00 bits per heavy atom. The maximum Gasteiger partial charge on any atom is 0.142 e. The van der Waals surface area contributed by atoms with Gasteiger partial charge in [-0.05, 0) is 49.4 Å². The molecule has 3 fully saturated rings. The number of carbonyl (C=O) groups is 1. The van der Waals surface area contributed by atoms with E-state index < -0.39 is 0 Å². The molecular formula is C16H26O. The van der Waals surface area contributed by atoms with Crippen LogP contribution in [-0.4, -0.2) is 5.78 Å². The highest BCUT2D eigenvalue weighted by atomic mass is 16.1. The zero-order valence-electron chi connectivity index (χ0n) is 11.6. The van der Waals surface area contributed by atoms with Crippen LogP contribution >= 0.6 is 0 Å². The van der Waals surface area contributed by atoms with Gasteiger partial charge < -0.3 is 0 Å². The third kappa shape index (κ3) is 1.24. The summed E-state index contributed by atoms with van der Waals surface area (Å²) in [7, 11) is 0. The van der Waals surface area contributed by atoms with Gasteiger partial charge in [-0.25, -0.2) is 0 Å². The van der Waals surface area contributed by atoms with Crippen molar-refractivity contribution in [3.8, 4) is 0 Å². The summed E-state index contributed by atoms with van der Waals surface area (Å²) in [6.07, 6.45) is 9.87. The van der Waals surface area contributed by atoms with E-state index in [4.69, 9.17) is 0 Å². The Kier molecular flexibility index (Phi) is 2.32. The van der Waals surface area contributed by atoms with Crippen LogP contribution in [0.2, 0.25) is 0 Å². The molecule has 3 aliphatic carbocycles. The number of hydrogen-bond acceptors (Lipinski definition) is 1. The normalized spacial score (nSPS) is 47.2. The highest BCUT2D eigenvalue weighted by Gasteiger charge is 2.69. The van der Waals surface area contributed by atoms with Gasteiger partial charge in [0, 0.05) is 11.3 Å². The van der Waals surface area contributed by atoms with Crippen LogP contribution in [0.4, 0.5) is 0 Å². The second kappa shape index (κ2) is 3.36. The molecule has 0 heterocycles. The highest BCUT2D eigenvalue weighted by Crippen LogP contribution is 2.73. The van der Waals surface area contributed by atoms with Crippen molar-refractivity contribution in [2.75, 3.05) is 0 Å². The van der Waals surface area contributed by atoms with Crippen molar-refractivity contribution in [2.24, 2.45) is 22.2 Å². The second-order valence-corrected chi connectivity index (χ2v) is 7.56. The van der Waals surface area contributed by atoms with Gasteiger partial charge in [-0.2, -0.15) is 0 Å². The fourth-order valence-corrected chi connectivity index (χ4v) is 5.64. The standard InChI is InChI=1S/C16H26O/c1-4-7-15-9-10-16(11-15)12(13(15)17)6-5-8-14(16,2)3/h12H,4-11H2,1-3H3/t12-,15-,16-/m0/s1. The van der Waals surface area contributed by atoms with Crippen molar-refractivity contribution in [3.63, 3.8) is 0 Å². The van der Waals surface area contributed by atoms with Crippen LogP contribution in [0.5, 0.6) is 0 Å². The molecule has 1 heteroatoms. The number of carbonyl (C=O) groups excluding carboxylic acids is 1. The molecule has 96 valence electrons. The number of Topliss-reactive ketones (excluding diaryl/α,β-unsaturated/α-hetero) is 1. The average Bonchev–Trinajstić information content (AvgIpc) is 2.74. The molecule has 3 atom stereocenters. The SMILES string of the molecule is CCC[C@]12CC[C@]3(C1)[C@@H](CCCC3(C)C)C2=O. The Labute approximate surface area is 105 Å². The minimum absolute atomic E-state index is 0.112. The van der Waals surface area contributed by atoms with Crippen LogP contribution in [0, 0.1) is 22.2 Å². The van der Waals surface area contributed by atoms with Gasteiger partial charge in [-0.3, -0.25) is 4.79 Å². The Morgan fingerprint density at radius 3 is 2.65 bits per heavy atom. The first-order valence-corrected chi connectivity index (χ1v) is 7.52. The van der Waals surface area contributed by atoms with Crippen molar-refractivity contribution in [1.82, 2.24) is 0 Å². The lowest BCUT2D eigenvalue weighted by Gasteiger charge is -2.51. The third-order valence-electron chi connectivity index (χ3n) is 6.58.